The molecule has 0 heterocycles. The van der Waals surface area contributed by atoms with E-state index in [1.165, 1.54) is 77.0 Å². The minimum absolute atomic E-state index is 0.119. The summed E-state index contributed by atoms with van der Waals surface area (Å²) in [7, 11) is 0. The van der Waals surface area contributed by atoms with Gasteiger partial charge in [-0.05, 0) is 89.9 Å². The van der Waals surface area contributed by atoms with Gasteiger partial charge in [0.1, 0.15) is 13.2 Å². The zero-order valence-corrected chi connectivity index (χ0v) is 41.4. The first kappa shape index (κ1) is 60.5. The molecule has 0 spiro atoms. The second kappa shape index (κ2) is 52.2. The van der Waals surface area contributed by atoms with Gasteiger partial charge in [0.25, 0.3) is 0 Å². The third-order valence-corrected chi connectivity index (χ3v) is 10.3. The van der Waals surface area contributed by atoms with Crippen LogP contribution in [0.25, 0.3) is 0 Å². The first-order chi connectivity index (χ1) is 32.0. The standard InChI is InChI=1S/C59H92O6/c1-4-7-10-13-16-19-22-24-26-28-29-31-32-34-37-40-43-46-49-52-58(61)64-55-56(54-63-57(60)51-48-45-42-39-36-21-18-15-12-9-6-3)65-59(62)53-50-47-44-41-38-35-33-30-27-25-23-20-17-14-11-8-5-2/h8-9,11-12,14,16-25,27,30,33,35,38-39,42,56H,4-7,10,13,15,26,28-29,31-32,34,36-37,40-41,43-55H2,1-3H3/b11-8-,12-9-,17-14-,19-16-,21-18-,23-20-,24-22-,27-25-,33-30+,38-35-,42-39-. The lowest BCUT2D eigenvalue weighted by Crippen LogP contribution is -2.30. The molecule has 0 N–H and O–H groups in total. The lowest BCUT2D eigenvalue weighted by molar-refractivity contribution is -0.167. The van der Waals surface area contributed by atoms with E-state index in [0.29, 0.717) is 19.3 Å². The summed E-state index contributed by atoms with van der Waals surface area (Å²) in [6, 6.07) is 0. The average Bonchev–Trinajstić information content (AvgIpc) is 3.30. The van der Waals surface area contributed by atoms with E-state index in [0.717, 1.165) is 70.6 Å². The second-order valence-corrected chi connectivity index (χ2v) is 16.5. The summed E-state index contributed by atoms with van der Waals surface area (Å²) in [5, 5.41) is 0. The average molecular weight is 897 g/mol. The molecule has 0 amide bonds. The van der Waals surface area contributed by atoms with E-state index in [1.54, 1.807) is 0 Å². The van der Waals surface area contributed by atoms with Crippen molar-refractivity contribution in [3.8, 4) is 0 Å². The maximum atomic E-state index is 12.8. The quantitative estimate of drug-likeness (QED) is 0.0199. The Balaban J connectivity index is 4.51. The third-order valence-electron chi connectivity index (χ3n) is 10.3. The molecule has 0 saturated heterocycles. The molecule has 0 aliphatic carbocycles. The maximum Gasteiger partial charge on any atom is 0.306 e. The van der Waals surface area contributed by atoms with Gasteiger partial charge in [-0.3, -0.25) is 14.4 Å². The lowest BCUT2D eigenvalue weighted by Gasteiger charge is -2.18. The minimum Gasteiger partial charge on any atom is -0.462 e. The van der Waals surface area contributed by atoms with Crippen molar-refractivity contribution in [1.82, 2.24) is 0 Å². The highest BCUT2D eigenvalue weighted by atomic mass is 16.6. The van der Waals surface area contributed by atoms with E-state index < -0.39 is 6.10 Å². The lowest BCUT2D eigenvalue weighted by atomic mass is 10.1. The van der Waals surface area contributed by atoms with Gasteiger partial charge >= 0.3 is 17.9 Å². The molecule has 6 heteroatoms. The van der Waals surface area contributed by atoms with Crippen LogP contribution >= 0.6 is 0 Å². The van der Waals surface area contributed by atoms with Crippen molar-refractivity contribution in [2.45, 2.75) is 207 Å². The van der Waals surface area contributed by atoms with Crippen LogP contribution in [-0.2, 0) is 28.6 Å². The Labute approximate surface area is 398 Å². The smallest absolute Gasteiger partial charge is 0.306 e. The summed E-state index contributed by atoms with van der Waals surface area (Å²) in [6.45, 7) is 6.24. The van der Waals surface area contributed by atoms with Gasteiger partial charge in [-0.25, -0.2) is 0 Å². The Morgan fingerprint density at radius 3 is 1.20 bits per heavy atom. The summed E-state index contributed by atoms with van der Waals surface area (Å²) in [6.07, 6.45) is 73.0. The second-order valence-electron chi connectivity index (χ2n) is 16.5. The fourth-order valence-corrected chi connectivity index (χ4v) is 6.49. The van der Waals surface area contributed by atoms with E-state index in [2.05, 4.69) is 93.7 Å². The largest absolute Gasteiger partial charge is 0.462 e. The van der Waals surface area contributed by atoms with E-state index in [-0.39, 0.29) is 44.0 Å². The SMILES string of the molecule is CC\C=C/C=C\C=C/C=C\C=C\C=C/CCCCCC(=O)OC(COC(=O)CCC/C=C\C/C=C\C/C=C\CC)COC(=O)CCCCCCCCCCCC/C=C\C=C/CCCCC. The van der Waals surface area contributed by atoms with Gasteiger partial charge in [0, 0.05) is 19.3 Å². The Morgan fingerprint density at radius 2 is 0.692 bits per heavy atom. The van der Waals surface area contributed by atoms with Crippen molar-refractivity contribution in [1.29, 1.82) is 0 Å². The van der Waals surface area contributed by atoms with Gasteiger partial charge in [-0.15, -0.1) is 0 Å². The van der Waals surface area contributed by atoms with Crippen molar-refractivity contribution >= 4 is 17.9 Å². The highest BCUT2D eigenvalue weighted by molar-refractivity contribution is 5.71. The summed E-state index contributed by atoms with van der Waals surface area (Å²) in [5.74, 6) is -1.03. The Kier molecular flexibility index (Phi) is 48.6. The molecule has 0 radical (unpaired) electrons. The molecule has 1 atom stereocenters. The third kappa shape index (κ3) is 50.4. The maximum absolute atomic E-state index is 12.8. The van der Waals surface area contributed by atoms with Crippen LogP contribution < -0.4 is 0 Å². The molecule has 1 unspecified atom stereocenters. The molecule has 0 aromatic rings. The summed E-state index contributed by atoms with van der Waals surface area (Å²) >= 11 is 0. The zero-order chi connectivity index (χ0) is 47.2. The number of hydrogen-bond acceptors (Lipinski definition) is 6. The first-order valence-corrected chi connectivity index (χ1v) is 25.8. The number of allylic oxidation sites excluding steroid dienone is 22. The van der Waals surface area contributed by atoms with Gasteiger partial charge in [0.05, 0.1) is 0 Å². The molecule has 0 aliphatic rings. The molecule has 0 rings (SSSR count). The number of unbranched alkanes of at least 4 members (excludes halogenated alkanes) is 17. The number of ether oxygens (including phenoxy) is 3. The number of esters is 3. The van der Waals surface area contributed by atoms with Crippen LogP contribution in [0.1, 0.15) is 201 Å². The monoisotopic (exact) mass is 897 g/mol. The molecule has 6 nitrogen and oxygen atoms in total. The van der Waals surface area contributed by atoms with Crippen LogP contribution in [0, 0.1) is 0 Å². The van der Waals surface area contributed by atoms with Gasteiger partial charge in [0.15, 0.2) is 6.10 Å². The Morgan fingerprint density at radius 1 is 0.338 bits per heavy atom. The molecule has 0 bridgehead atoms. The fourth-order valence-electron chi connectivity index (χ4n) is 6.49. The summed E-state index contributed by atoms with van der Waals surface area (Å²) < 4.78 is 16.7. The summed E-state index contributed by atoms with van der Waals surface area (Å²) in [4.78, 5) is 37.9. The van der Waals surface area contributed by atoms with Crippen LogP contribution in [-0.4, -0.2) is 37.2 Å². The minimum atomic E-state index is -0.827. The number of carbonyl (C=O) groups excluding carboxylic acids is 3. The number of hydrogen-bond donors (Lipinski definition) is 0. The number of carbonyl (C=O) groups is 3. The fraction of sp³-hybridized carbons (Fsp3) is 0.576. The molecule has 0 saturated carbocycles. The van der Waals surface area contributed by atoms with Crippen LogP contribution in [0.15, 0.2) is 134 Å². The predicted molar refractivity (Wildman–Crippen MR) is 279 cm³/mol. The Bertz CT molecular complexity index is 1450. The normalized spacial score (nSPS) is 13.2. The molecule has 0 aromatic carbocycles. The van der Waals surface area contributed by atoms with Crippen molar-refractivity contribution in [2.75, 3.05) is 13.2 Å². The molecule has 364 valence electrons. The van der Waals surface area contributed by atoms with Crippen molar-refractivity contribution in [3.05, 3.63) is 134 Å². The molecular weight excluding hydrogens is 805 g/mol. The highest BCUT2D eigenvalue weighted by Crippen LogP contribution is 2.14. The van der Waals surface area contributed by atoms with E-state index in [4.69, 9.17) is 14.2 Å². The molecular formula is C59H92O6. The molecule has 0 aromatic heterocycles. The van der Waals surface area contributed by atoms with Gasteiger partial charge in [-0.1, -0.05) is 225 Å². The van der Waals surface area contributed by atoms with E-state index in [9.17, 15) is 14.4 Å². The molecule has 65 heavy (non-hydrogen) atoms. The Hall–Kier alpha value is -4.45. The molecule has 0 fully saturated rings. The van der Waals surface area contributed by atoms with Gasteiger partial charge < -0.3 is 14.2 Å². The number of rotatable bonds is 44. The summed E-state index contributed by atoms with van der Waals surface area (Å²) in [5.41, 5.74) is 0. The predicted octanol–water partition coefficient (Wildman–Crippen LogP) is 17.1. The van der Waals surface area contributed by atoms with Crippen molar-refractivity contribution in [3.63, 3.8) is 0 Å². The van der Waals surface area contributed by atoms with Crippen LogP contribution in [0.2, 0.25) is 0 Å². The van der Waals surface area contributed by atoms with Crippen molar-refractivity contribution < 1.29 is 28.6 Å². The van der Waals surface area contributed by atoms with Gasteiger partial charge in [-0.2, -0.15) is 0 Å². The highest BCUT2D eigenvalue weighted by Gasteiger charge is 2.19. The van der Waals surface area contributed by atoms with E-state index >= 15 is 0 Å². The van der Waals surface area contributed by atoms with Gasteiger partial charge in [0.2, 0.25) is 0 Å². The van der Waals surface area contributed by atoms with E-state index in [1.807, 2.05) is 60.8 Å². The van der Waals surface area contributed by atoms with Crippen LogP contribution in [0.5, 0.6) is 0 Å². The van der Waals surface area contributed by atoms with Crippen LogP contribution in [0.3, 0.4) is 0 Å². The molecule has 0 aliphatic heterocycles. The van der Waals surface area contributed by atoms with Crippen molar-refractivity contribution in [2.24, 2.45) is 0 Å². The first-order valence-electron chi connectivity index (χ1n) is 25.8. The van der Waals surface area contributed by atoms with Crippen LogP contribution in [0.4, 0.5) is 0 Å². The topological polar surface area (TPSA) is 78.9 Å². The zero-order valence-electron chi connectivity index (χ0n) is 41.4.